The molecule has 26 heavy (non-hydrogen) atoms. The minimum Gasteiger partial charge on any atom is -0.459 e. The van der Waals surface area contributed by atoms with Crippen LogP contribution < -0.4 is 0 Å². The number of hydrogen-bond acceptors (Lipinski definition) is 3. The summed E-state index contributed by atoms with van der Waals surface area (Å²) in [5.41, 5.74) is 1.27. The highest BCUT2D eigenvalue weighted by Gasteiger charge is 2.32. The van der Waals surface area contributed by atoms with Crippen molar-refractivity contribution in [1.29, 1.82) is 0 Å². The Bertz CT molecular complexity index is 448. The Balaban J connectivity index is 1.69. The number of allylic oxidation sites excluding steroid dienone is 1. The molecule has 2 saturated carbocycles. The van der Waals surface area contributed by atoms with Crippen molar-refractivity contribution in [3.05, 3.63) is 11.1 Å². The SMILES string of the molecule is CCCCCC1CCC(C2CCC(OC(=O)C(CO)=C(C)C)CC2)CC1. The number of esters is 1. The van der Waals surface area contributed by atoms with E-state index >= 15 is 0 Å². The zero-order valence-corrected chi connectivity index (χ0v) is 17.3. The zero-order valence-electron chi connectivity index (χ0n) is 17.3. The van der Waals surface area contributed by atoms with E-state index in [1.54, 1.807) is 0 Å². The van der Waals surface area contributed by atoms with E-state index in [-0.39, 0.29) is 18.7 Å². The summed E-state index contributed by atoms with van der Waals surface area (Å²) in [5, 5.41) is 9.34. The van der Waals surface area contributed by atoms with Crippen LogP contribution in [0.15, 0.2) is 11.1 Å². The smallest absolute Gasteiger partial charge is 0.336 e. The van der Waals surface area contributed by atoms with Gasteiger partial charge in [-0.05, 0) is 70.1 Å². The van der Waals surface area contributed by atoms with Crippen LogP contribution in [0.1, 0.15) is 97.8 Å². The molecule has 0 atom stereocenters. The van der Waals surface area contributed by atoms with Crippen LogP contribution in [-0.2, 0) is 9.53 Å². The van der Waals surface area contributed by atoms with Gasteiger partial charge in [0.1, 0.15) is 6.10 Å². The summed E-state index contributed by atoms with van der Waals surface area (Å²) < 4.78 is 5.66. The van der Waals surface area contributed by atoms with Crippen LogP contribution in [0.4, 0.5) is 0 Å². The van der Waals surface area contributed by atoms with E-state index in [0.29, 0.717) is 5.57 Å². The molecule has 0 unspecified atom stereocenters. The van der Waals surface area contributed by atoms with Gasteiger partial charge >= 0.3 is 5.97 Å². The lowest BCUT2D eigenvalue weighted by Gasteiger charge is -2.37. The number of aliphatic hydroxyl groups excluding tert-OH is 1. The van der Waals surface area contributed by atoms with E-state index < -0.39 is 0 Å². The van der Waals surface area contributed by atoms with Crippen molar-refractivity contribution >= 4 is 5.97 Å². The van der Waals surface area contributed by atoms with E-state index in [9.17, 15) is 9.90 Å². The fraction of sp³-hybridized carbons (Fsp3) is 0.870. The van der Waals surface area contributed by atoms with Gasteiger partial charge in [-0.2, -0.15) is 0 Å². The number of rotatable bonds is 8. The predicted molar refractivity (Wildman–Crippen MR) is 107 cm³/mol. The lowest BCUT2D eigenvalue weighted by atomic mass is 9.70. The molecule has 0 spiro atoms. The summed E-state index contributed by atoms with van der Waals surface area (Å²) in [6.07, 6.45) is 15.7. The van der Waals surface area contributed by atoms with Crippen molar-refractivity contribution in [3.8, 4) is 0 Å². The molecule has 0 aliphatic heterocycles. The number of aliphatic hydroxyl groups is 1. The van der Waals surface area contributed by atoms with Crippen LogP contribution in [0.3, 0.4) is 0 Å². The van der Waals surface area contributed by atoms with Gasteiger partial charge in [0.15, 0.2) is 0 Å². The number of carbonyl (C=O) groups excluding carboxylic acids is 1. The van der Waals surface area contributed by atoms with Gasteiger partial charge in [0.2, 0.25) is 0 Å². The van der Waals surface area contributed by atoms with Gasteiger partial charge in [-0.15, -0.1) is 0 Å². The molecule has 3 nitrogen and oxygen atoms in total. The first-order chi connectivity index (χ1) is 12.5. The molecule has 0 heterocycles. The number of carbonyl (C=O) groups is 1. The minimum absolute atomic E-state index is 0.0463. The van der Waals surface area contributed by atoms with Gasteiger partial charge in [-0.25, -0.2) is 4.79 Å². The molecule has 0 radical (unpaired) electrons. The first-order valence-corrected chi connectivity index (χ1v) is 11.0. The van der Waals surface area contributed by atoms with E-state index in [1.807, 2.05) is 13.8 Å². The summed E-state index contributed by atoms with van der Waals surface area (Å²) >= 11 is 0. The molecule has 0 aromatic heterocycles. The maximum absolute atomic E-state index is 12.2. The summed E-state index contributed by atoms with van der Waals surface area (Å²) in [6, 6.07) is 0. The van der Waals surface area contributed by atoms with Crippen molar-refractivity contribution in [3.63, 3.8) is 0 Å². The third-order valence-corrected chi connectivity index (χ3v) is 6.77. The molecule has 0 saturated heterocycles. The van der Waals surface area contributed by atoms with E-state index in [4.69, 9.17) is 4.74 Å². The maximum Gasteiger partial charge on any atom is 0.336 e. The van der Waals surface area contributed by atoms with Crippen molar-refractivity contribution in [2.75, 3.05) is 6.61 Å². The van der Waals surface area contributed by atoms with Crippen LogP contribution in [0.25, 0.3) is 0 Å². The Morgan fingerprint density at radius 2 is 1.50 bits per heavy atom. The number of unbranched alkanes of at least 4 members (excludes halogenated alkanes) is 2. The first-order valence-electron chi connectivity index (χ1n) is 11.0. The fourth-order valence-corrected chi connectivity index (χ4v) is 4.96. The van der Waals surface area contributed by atoms with Crippen molar-refractivity contribution in [1.82, 2.24) is 0 Å². The third kappa shape index (κ3) is 6.40. The van der Waals surface area contributed by atoms with E-state index in [2.05, 4.69) is 6.92 Å². The van der Waals surface area contributed by atoms with Crippen LogP contribution in [0, 0.1) is 17.8 Å². The quantitative estimate of drug-likeness (QED) is 0.336. The Labute approximate surface area is 160 Å². The standard InChI is InChI=1S/C23H40O3/c1-4-5-6-7-18-8-10-19(11-9-18)20-12-14-21(15-13-20)26-23(25)22(16-24)17(2)3/h18-21,24H,4-16H2,1-3H3. The van der Waals surface area contributed by atoms with Crippen LogP contribution >= 0.6 is 0 Å². The lowest BCUT2D eigenvalue weighted by molar-refractivity contribution is -0.147. The van der Waals surface area contributed by atoms with E-state index in [1.165, 1.54) is 64.2 Å². The zero-order chi connectivity index (χ0) is 18.9. The Morgan fingerprint density at radius 3 is 2.00 bits per heavy atom. The average Bonchev–Trinajstić information content (AvgIpc) is 2.63. The molecule has 2 rings (SSSR count). The van der Waals surface area contributed by atoms with Crippen molar-refractivity contribution in [2.45, 2.75) is 104 Å². The van der Waals surface area contributed by atoms with E-state index in [0.717, 1.165) is 36.2 Å². The molecule has 0 bridgehead atoms. The highest BCUT2D eigenvalue weighted by molar-refractivity contribution is 5.89. The molecule has 0 aromatic rings. The number of hydrogen-bond donors (Lipinski definition) is 1. The highest BCUT2D eigenvalue weighted by Crippen LogP contribution is 2.41. The Morgan fingerprint density at radius 1 is 0.923 bits per heavy atom. The molecular weight excluding hydrogens is 324 g/mol. The van der Waals surface area contributed by atoms with Crippen molar-refractivity contribution < 1.29 is 14.6 Å². The van der Waals surface area contributed by atoms with Gasteiger partial charge < -0.3 is 9.84 Å². The topological polar surface area (TPSA) is 46.5 Å². The monoisotopic (exact) mass is 364 g/mol. The highest BCUT2D eigenvalue weighted by atomic mass is 16.5. The lowest BCUT2D eigenvalue weighted by Crippen LogP contribution is -2.30. The van der Waals surface area contributed by atoms with Crippen LogP contribution in [-0.4, -0.2) is 23.8 Å². The Kier molecular flexibility index (Phi) is 9.18. The maximum atomic E-state index is 12.2. The average molecular weight is 365 g/mol. The molecule has 2 aliphatic carbocycles. The molecule has 3 heteroatoms. The van der Waals surface area contributed by atoms with Crippen LogP contribution in [0.5, 0.6) is 0 Å². The second kappa shape index (κ2) is 11.1. The molecule has 0 amide bonds. The summed E-state index contributed by atoms with van der Waals surface area (Å²) in [5.74, 6) is 2.40. The largest absolute Gasteiger partial charge is 0.459 e. The summed E-state index contributed by atoms with van der Waals surface area (Å²) in [4.78, 5) is 12.2. The number of ether oxygens (including phenoxy) is 1. The molecule has 1 N–H and O–H groups in total. The van der Waals surface area contributed by atoms with Gasteiger partial charge in [-0.3, -0.25) is 0 Å². The summed E-state index contributed by atoms with van der Waals surface area (Å²) in [7, 11) is 0. The molecule has 0 aromatic carbocycles. The third-order valence-electron chi connectivity index (χ3n) is 6.77. The second-order valence-corrected chi connectivity index (χ2v) is 8.86. The molecule has 2 fully saturated rings. The van der Waals surface area contributed by atoms with Gasteiger partial charge in [0.05, 0.1) is 12.2 Å². The van der Waals surface area contributed by atoms with Gasteiger partial charge in [0, 0.05) is 0 Å². The molecule has 150 valence electrons. The second-order valence-electron chi connectivity index (χ2n) is 8.86. The van der Waals surface area contributed by atoms with Gasteiger partial charge in [0.25, 0.3) is 0 Å². The normalized spacial score (nSPS) is 29.2. The van der Waals surface area contributed by atoms with Gasteiger partial charge in [-0.1, -0.05) is 51.0 Å². The first kappa shape index (κ1) is 21.5. The van der Waals surface area contributed by atoms with Crippen LogP contribution in [0.2, 0.25) is 0 Å². The molecule has 2 aliphatic rings. The summed E-state index contributed by atoms with van der Waals surface area (Å²) in [6.45, 7) is 5.76. The Hall–Kier alpha value is -0.830. The predicted octanol–water partition coefficient (Wildman–Crippen LogP) is 5.80. The van der Waals surface area contributed by atoms with Crippen molar-refractivity contribution in [2.24, 2.45) is 17.8 Å². The fourth-order valence-electron chi connectivity index (χ4n) is 4.96. The molecular formula is C23H40O3. The minimum atomic E-state index is -0.316.